The summed E-state index contributed by atoms with van der Waals surface area (Å²) in [6.07, 6.45) is 2.94. The van der Waals surface area contributed by atoms with Crippen LogP contribution < -0.4 is 22.1 Å². The number of aliphatic hydroxyl groups is 2. The molecule has 0 heterocycles. The molecular weight excluding hydrogens is 753 g/mol. The highest BCUT2D eigenvalue weighted by Crippen LogP contribution is 2.54. The van der Waals surface area contributed by atoms with Crippen LogP contribution in [-0.4, -0.2) is 32.0 Å². The standard InChI is InChI=1S/C50H46N4O6/c1-23(2)39-31-19-25(5)41(47(57)43(31)33(45(55)49(39)59)21-53-37-17-9-11-27-29(37)13-7-15-35(27)51)42-26(6)20-32-40(24(3)4)50(60)46(56)34(44(32)48(42)58)22-54-38-18-10-12-28-30(38)14-8-16-36(28)52/h7-24,53-54,57-60H,51-52H2,1-6H3/b33-21-,34-22-. The molecule has 0 aromatic heterocycles. The first kappa shape index (κ1) is 39.4. The van der Waals surface area contributed by atoms with Crippen LogP contribution in [0, 0.1) is 25.7 Å². The average Bonchev–Trinajstić information content (AvgIpc) is 3.20. The van der Waals surface area contributed by atoms with Gasteiger partial charge in [0.25, 0.3) is 0 Å². The van der Waals surface area contributed by atoms with E-state index in [1.807, 2.05) is 88.4 Å². The predicted molar refractivity (Wildman–Crippen MR) is 243 cm³/mol. The Bertz CT molecular complexity index is 2800. The average molecular weight is 799 g/mol. The third-order valence-electron chi connectivity index (χ3n) is 11.6. The molecule has 10 N–H and O–H groups in total. The number of nitrogens with two attached hydrogens (primary N) is 2. The third-order valence-corrected chi connectivity index (χ3v) is 11.6. The second-order valence-electron chi connectivity index (χ2n) is 16.1. The summed E-state index contributed by atoms with van der Waals surface area (Å²) < 4.78 is 0. The number of nitrogens with one attached hydrogen (secondary N) is 2. The van der Waals surface area contributed by atoms with Gasteiger partial charge in [0.05, 0.1) is 11.1 Å². The summed E-state index contributed by atoms with van der Waals surface area (Å²) in [5, 5.41) is 57.7. The lowest BCUT2D eigenvalue weighted by molar-refractivity contribution is -0.113. The van der Waals surface area contributed by atoms with Gasteiger partial charge in [0, 0.05) is 90.1 Å². The van der Waals surface area contributed by atoms with E-state index < -0.39 is 23.1 Å². The van der Waals surface area contributed by atoms with Crippen molar-refractivity contribution in [2.24, 2.45) is 11.8 Å². The Morgan fingerprint density at radius 1 is 0.517 bits per heavy atom. The van der Waals surface area contributed by atoms with Gasteiger partial charge >= 0.3 is 0 Å². The SMILES string of the molecule is Cc1cc2c(c(O)c1-c1c(C)cc3c(c1O)/C(=C/Nc1cccc4c(N)cccc14)C(=O)C(O)=C3C(C)C)/C(=C/Nc1cccc3c(N)cccc13)C(=O)C(O)=C2C(C)C. The van der Waals surface area contributed by atoms with Crippen molar-refractivity contribution >= 4 is 78.2 Å². The lowest BCUT2D eigenvalue weighted by Gasteiger charge is -2.29. The zero-order valence-corrected chi connectivity index (χ0v) is 34.2. The quantitative estimate of drug-likeness (QED) is 0.0569. The Morgan fingerprint density at radius 2 is 0.867 bits per heavy atom. The maximum absolute atomic E-state index is 14.2. The smallest absolute Gasteiger partial charge is 0.229 e. The molecule has 10 nitrogen and oxygen atoms in total. The van der Waals surface area contributed by atoms with E-state index in [1.165, 1.54) is 12.4 Å². The molecule has 302 valence electrons. The van der Waals surface area contributed by atoms with E-state index in [0.717, 1.165) is 21.5 Å². The third kappa shape index (κ3) is 6.10. The highest BCUT2D eigenvalue weighted by Gasteiger charge is 2.38. The number of nitrogen functional groups attached to an aromatic ring is 2. The molecule has 0 spiro atoms. The van der Waals surface area contributed by atoms with Gasteiger partial charge in [-0.2, -0.15) is 0 Å². The first-order valence-electron chi connectivity index (χ1n) is 19.8. The first-order valence-corrected chi connectivity index (χ1v) is 19.8. The van der Waals surface area contributed by atoms with E-state index in [2.05, 4.69) is 10.6 Å². The molecule has 0 amide bonds. The lowest BCUT2D eigenvalue weighted by atomic mass is 9.75. The molecule has 6 aromatic rings. The van der Waals surface area contributed by atoms with Crippen molar-refractivity contribution in [3.05, 3.63) is 142 Å². The number of aliphatic hydroxyl groups excluding tert-OH is 2. The van der Waals surface area contributed by atoms with Gasteiger partial charge in [0.1, 0.15) is 11.5 Å². The predicted octanol–water partition coefficient (Wildman–Crippen LogP) is 10.8. The molecule has 10 heteroatoms. The summed E-state index contributed by atoms with van der Waals surface area (Å²) >= 11 is 0. The molecule has 0 bridgehead atoms. The van der Waals surface area contributed by atoms with Gasteiger partial charge in [-0.1, -0.05) is 88.4 Å². The summed E-state index contributed by atoms with van der Waals surface area (Å²) in [6, 6.07) is 25.8. The highest BCUT2D eigenvalue weighted by molar-refractivity contribution is 6.35. The summed E-state index contributed by atoms with van der Waals surface area (Å²) in [7, 11) is 0. The Labute approximate surface area is 347 Å². The number of phenols is 2. The minimum Gasteiger partial charge on any atom is -0.507 e. The number of fused-ring (bicyclic) bond motifs is 4. The Morgan fingerprint density at radius 3 is 1.23 bits per heavy atom. The molecule has 0 saturated heterocycles. The number of carbonyl (C=O) groups is 2. The van der Waals surface area contributed by atoms with Crippen LogP contribution in [-0.2, 0) is 9.59 Å². The summed E-state index contributed by atoms with van der Waals surface area (Å²) in [4.78, 5) is 28.3. The maximum Gasteiger partial charge on any atom is 0.229 e. The van der Waals surface area contributed by atoms with Gasteiger partial charge in [-0.3, -0.25) is 9.59 Å². The van der Waals surface area contributed by atoms with E-state index in [0.29, 0.717) is 56.1 Å². The summed E-state index contributed by atoms with van der Waals surface area (Å²) in [5.74, 6) is -3.40. The van der Waals surface area contributed by atoms with Crippen LogP contribution in [0.3, 0.4) is 0 Å². The monoisotopic (exact) mass is 798 g/mol. The van der Waals surface area contributed by atoms with E-state index in [9.17, 15) is 30.0 Å². The van der Waals surface area contributed by atoms with Gasteiger partial charge in [0.15, 0.2) is 11.5 Å². The van der Waals surface area contributed by atoms with Crippen molar-refractivity contribution in [2.45, 2.75) is 41.5 Å². The number of hydrogen-bond acceptors (Lipinski definition) is 10. The minimum absolute atomic E-state index is 0.00676. The zero-order valence-electron chi connectivity index (χ0n) is 34.2. The van der Waals surface area contributed by atoms with Crippen molar-refractivity contribution in [1.29, 1.82) is 0 Å². The number of rotatable bonds is 7. The number of ketones is 2. The van der Waals surface area contributed by atoms with E-state index >= 15 is 0 Å². The first-order chi connectivity index (χ1) is 28.6. The number of Topliss-reactive ketones (excluding diaryl/α,β-unsaturated/α-hetero) is 2. The fraction of sp³-hybridized carbons (Fsp3) is 0.160. The largest absolute Gasteiger partial charge is 0.507 e. The normalized spacial score (nSPS) is 15.5. The van der Waals surface area contributed by atoms with Crippen LogP contribution in [0.25, 0.3) is 55.0 Å². The number of aryl methyl sites for hydroxylation is 2. The van der Waals surface area contributed by atoms with Crippen LogP contribution in [0.5, 0.6) is 11.5 Å². The van der Waals surface area contributed by atoms with Crippen molar-refractivity contribution in [1.82, 2.24) is 0 Å². The van der Waals surface area contributed by atoms with Crippen molar-refractivity contribution in [3.8, 4) is 22.6 Å². The number of anilines is 4. The highest BCUT2D eigenvalue weighted by atomic mass is 16.3. The minimum atomic E-state index is -0.686. The van der Waals surface area contributed by atoms with Crippen molar-refractivity contribution in [3.63, 3.8) is 0 Å². The molecule has 0 saturated carbocycles. The van der Waals surface area contributed by atoms with Crippen LogP contribution in [0.1, 0.15) is 61.1 Å². The zero-order chi connectivity index (χ0) is 42.9. The molecule has 8 rings (SSSR count). The molecule has 2 aliphatic rings. The van der Waals surface area contributed by atoms with E-state index in [1.54, 1.807) is 38.1 Å². The van der Waals surface area contributed by atoms with Crippen LogP contribution in [0.15, 0.2) is 109 Å². The van der Waals surface area contributed by atoms with Crippen molar-refractivity contribution < 1.29 is 30.0 Å². The Hall–Kier alpha value is -7.46. The number of benzene rings is 6. The number of hydrogen-bond donors (Lipinski definition) is 8. The Kier molecular flexibility index (Phi) is 9.66. The molecule has 0 aliphatic heterocycles. The van der Waals surface area contributed by atoms with Crippen LogP contribution in [0.2, 0.25) is 0 Å². The fourth-order valence-corrected chi connectivity index (χ4v) is 8.85. The van der Waals surface area contributed by atoms with Crippen LogP contribution in [0.4, 0.5) is 22.7 Å². The number of allylic oxidation sites excluding steroid dienone is 4. The topological polar surface area (TPSA) is 191 Å². The number of carbonyl (C=O) groups excluding carboxylic acids is 2. The van der Waals surface area contributed by atoms with Crippen LogP contribution >= 0.6 is 0 Å². The maximum atomic E-state index is 14.2. The Balaban J connectivity index is 1.35. The summed E-state index contributed by atoms with van der Waals surface area (Å²) in [6.45, 7) is 11.0. The molecule has 0 atom stereocenters. The van der Waals surface area contributed by atoms with Gasteiger partial charge in [-0.15, -0.1) is 0 Å². The van der Waals surface area contributed by atoms with Crippen molar-refractivity contribution in [2.75, 3.05) is 22.1 Å². The second-order valence-corrected chi connectivity index (χ2v) is 16.1. The fourth-order valence-electron chi connectivity index (χ4n) is 8.85. The molecule has 60 heavy (non-hydrogen) atoms. The van der Waals surface area contributed by atoms with E-state index in [4.69, 9.17) is 11.5 Å². The van der Waals surface area contributed by atoms with Gasteiger partial charge in [-0.05, 0) is 72.2 Å². The molecule has 0 radical (unpaired) electrons. The second kappa shape index (κ2) is 14.7. The van der Waals surface area contributed by atoms with E-state index in [-0.39, 0.29) is 56.7 Å². The van der Waals surface area contributed by atoms with Gasteiger partial charge in [-0.25, -0.2) is 0 Å². The summed E-state index contributed by atoms with van der Waals surface area (Å²) in [5.41, 5.74) is 18.6. The molecule has 0 unspecified atom stereocenters. The van der Waals surface area contributed by atoms with Gasteiger partial charge in [0.2, 0.25) is 11.6 Å². The van der Waals surface area contributed by atoms with Gasteiger partial charge < -0.3 is 42.5 Å². The molecule has 6 aromatic carbocycles. The molecular formula is C50H46N4O6. The lowest BCUT2D eigenvalue weighted by Crippen LogP contribution is -2.20. The number of aromatic hydroxyl groups is 2. The molecule has 2 aliphatic carbocycles. The number of phenolic OH excluding ortho intramolecular Hbond substituents is 2. The molecule has 0 fully saturated rings.